The van der Waals surface area contributed by atoms with Gasteiger partial charge >= 0.3 is 0 Å². The smallest absolute Gasteiger partial charge is 0.105 e. The number of hydrogen-bond donors (Lipinski definition) is 0. The molecule has 0 aromatic heterocycles. The molecule has 0 spiro atoms. The molecule has 43 heavy (non-hydrogen) atoms. The van der Waals surface area contributed by atoms with E-state index in [-0.39, 0.29) is 65.5 Å². The predicted molar refractivity (Wildman–Crippen MR) is 212 cm³/mol. The van der Waals surface area contributed by atoms with Crippen molar-refractivity contribution < 1.29 is 14.2 Å². The van der Waals surface area contributed by atoms with Gasteiger partial charge in [0.1, 0.15) is 6.10 Å². The van der Waals surface area contributed by atoms with E-state index in [4.69, 9.17) is 14.2 Å². The van der Waals surface area contributed by atoms with Crippen molar-refractivity contribution in [3.8, 4) is 0 Å². The van der Waals surface area contributed by atoms with E-state index in [0.29, 0.717) is 43.9 Å². The number of hydrogen-bond acceptors (Lipinski definition) is 3. The van der Waals surface area contributed by atoms with E-state index >= 15 is 0 Å². The molecule has 0 heterocycles. The molecule has 0 aliphatic heterocycles. The van der Waals surface area contributed by atoms with Gasteiger partial charge in [-0.15, -0.1) is 0 Å². The van der Waals surface area contributed by atoms with Crippen LogP contribution in [0.3, 0.4) is 0 Å². The Kier molecular flexibility index (Phi) is 91.7. The van der Waals surface area contributed by atoms with Crippen LogP contribution in [0.15, 0.2) is 36.5 Å². The lowest BCUT2D eigenvalue weighted by Gasteiger charge is -2.28. The van der Waals surface area contributed by atoms with Gasteiger partial charge in [-0.25, -0.2) is 0 Å². The number of rotatable bonds is 18. The summed E-state index contributed by atoms with van der Waals surface area (Å²) >= 11 is 0. The standard InChI is InChI=1S/C15H26O3.C9H20.C8H18.8CH4/c1-4-7-10-16-13-15(18-12-9-6-3)14-17-11-8-5-2;1-5-9(6-2,7-3)8-4;1-5-8(4,6-2)7-3;;;;;;;;/h4-9,15H,10-14H2,1-3H3;5-8H2,1-4H3;5-7H2,1-4H3;8*1H4/b7-4+,8-5+,9-6+;;;;;;;;;;. The zero-order chi connectivity index (χ0) is 27.4. The van der Waals surface area contributed by atoms with Gasteiger partial charge in [0.2, 0.25) is 0 Å². The maximum atomic E-state index is 5.66. The highest BCUT2D eigenvalue weighted by atomic mass is 16.6. The van der Waals surface area contributed by atoms with Crippen LogP contribution in [0.5, 0.6) is 0 Å². The maximum absolute atomic E-state index is 5.66. The lowest BCUT2D eigenvalue weighted by Crippen LogP contribution is -2.26. The lowest BCUT2D eigenvalue weighted by molar-refractivity contribution is -0.0429. The van der Waals surface area contributed by atoms with Crippen molar-refractivity contribution in [1.29, 1.82) is 0 Å². The summed E-state index contributed by atoms with van der Waals surface area (Å²) in [5.74, 6) is 0. The molecule has 0 unspecified atom stereocenters. The molecule has 0 saturated carbocycles. The first-order valence-corrected chi connectivity index (χ1v) is 14.4. The van der Waals surface area contributed by atoms with Crippen molar-refractivity contribution in [1.82, 2.24) is 0 Å². The molecular formula is C40H96O3. The van der Waals surface area contributed by atoms with Crippen LogP contribution in [0, 0.1) is 10.8 Å². The minimum Gasteiger partial charge on any atom is -0.375 e. The van der Waals surface area contributed by atoms with Gasteiger partial charge in [-0.1, -0.05) is 196 Å². The molecule has 0 aromatic carbocycles. The van der Waals surface area contributed by atoms with E-state index in [0.717, 1.165) is 0 Å². The first-order chi connectivity index (χ1) is 16.8. The first kappa shape index (κ1) is 73.5. The predicted octanol–water partition coefficient (Wildman–Crippen LogP) is 15.1. The molecule has 0 fully saturated rings. The molecule has 0 bridgehead atoms. The highest BCUT2D eigenvalue weighted by Gasteiger charge is 2.20. The topological polar surface area (TPSA) is 27.7 Å². The summed E-state index contributed by atoms with van der Waals surface area (Å²) < 4.78 is 16.6. The third-order valence-electron chi connectivity index (χ3n) is 7.73. The third-order valence-corrected chi connectivity index (χ3v) is 7.73. The van der Waals surface area contributed by atoms with Crippen LogP contribution in [0.4, 0.5) is 0 Å². The fraction of sp³-hybridized carbons (Fsp3) is 0.850. The van der Waals surface area contributed by atoms with Crippen LogP contribution < -0.4 is 0 Å². The summed E-state index contributed by atoms with van der Waals surface area (Å²) in [5.41, 5.74) is 1.29. The van der Waals surface area contributed by atoms with Crippen molar-refractivity contribution >= 4 is 0 Å². The largest absolute Gasteiger partial charge is 0.375 e. The molecule has 0 saturated heterocycles. The lowest BCUT2D eigenvalue weighted by atomic mass is 9.78. The molecule has 0 aromatic rings. The van der Waals surface area contributed by atoms with Crippen LogP contribution in [0.25, 0.3) is 0 Å². The normalized spacial score (nSPS) is 10.0. The Morgan fingerprint density at radius 2 is 0.744 bits per heavy atom. The summed E-state index contributed by atoms with van der Waals surface area (Å²) in [6, 6.07) is 0. The fourth-order valence-corrected chi connectivity index (χ4v) is 3.41. The Bertz CT molecular complexity index is 442. The van der Waals surface area contributed by atoms with Gasteiger partial charge in [-0.2, -0.15) is 0 Å². The molecule has 0 atom stereocenters. The Labute approximate surface area is 280 Å². The molecule has 0 radical (unpaired) electrons. The van der Waals surface area contributed by atoms with E-state index in [9.17, 15) is 0 Å². The monoisotopic (exact) mass is 625 g/mol. The summed E-state index contributed by atoms with van der Waals surface area (Å²) in [7, 11) is 0. The van der Waals surface area contributed by atoms with Gasteiger partial charge in [0.05, 0.1) is 33.0 Å². The van der Waals surface area contributed by atoms with Crippen molar-refractivity contribution in [2.24, 2.45) is 10.8 Å². The second-order valence-electron chi connectivity index (χ2n) is 9.52. The fourth-order valence-electron chi connectivity index (χ4n) is 3.41. The highest BCUT2D eigenvalue weighted by molar-refractivity contribution is 4.79. The Morgan fingerprint density at radius 3 is 0.930 bits per heavy atom. The molecule has 274 valence electrons. The molecular weight excluding hydrogens is 528 g/mol. The molecule has 0 aliphatic carbocycles. The van der Waals surface area contributed by atoms with E-state index in [1.807, 2.05) is 57.2 Å². The first-order valence-electron chi connectivity index (χ1n) is 14.4. The van der Waals surface area contributed by atoms with Crippen molar-refractivity contribution in [3.05, 3.63) is 36.5 Å². The summed E-state index contributed by atoms with van der Waals surface area (Å²) in [6.07, 6.45) is 21.2. The highest BCUT2D eigenvalue weighted by Crippen LogP contribution is 2.33. The molecule has 3 nitrogen and oxygen atoms in total. The average Bonchev–Trinajstić information content (AvgIpc) is 2.90. The molecule has 0 N–H and O–H groups in total. The Morgan fingerprint density at radius 1 is 0.465 bits per heavy atom. The second kappa shape index (κ2) is 53.6. The van der Waals surface area contributed by atoms with Crippen LogP contribution in [-0.2, 0) is 14.2 Å². The molecule has 0 aliphatic rings. The number of ether oxygens (including phenoxy) is 3. The molecule has 0 rings (SSSR count). The van der Waals surface area contributed by atoms with Crippen molar-refractivity contribution in [2.75, 3.05) is 33.0 Å². The average molecular weight is 625 g/mol. The summed E-state index contributed by atoms with van der Waals surface area (Å²) in [6.45, 7) is 27.2. The summed E-state index contributed by atoms with van der Waals surface area (Å²) in [5, 5.41) is 0. The van der Waals surface area contributed by atoms with Gasteiger partial charge in [0.25, 0.3) is 0 Å². The van der Waals surface area contributed by atoms with Crippen molar-refractivity contribution in [2.45, 2.75) is 187 Å². The van der Waals surface area contributed by atoms with Crippen LogP contribution in [-0.4, -0.2) is 39.1 Å². The minimum absolute atomic E-state index is 0. The zero-order valence-corrected chi connectivity index (χ0v) is 25.8. The van der Waals surface area contributed by atoms with E-state index in [2.05, 4.69) is 55.4 Å². The summed E-state index contributed by atoms with van der Waals surface area (Å²) in [4.78, 5) is 0. The maximum Gasteiger partial charge on any atom is 0.105 e. The molecule has 3 heteroatoms. The van der Waals surface area contributed by atoms with Gasteiger partial charge in [0, 0.05) is 0 Å². The van der Waals surface area contributed by atoms with Crippen LogP contribution >= 0.6 is 0 Å². The van der Waals surface area contributed by atoms with Crippen LogP contribution in [0.2, 0.25) is 0 Å². The van der Waals surface area contributed by atoms with Crippen molar-refractivity contribution in [3.63, 3.8) is 0 Å². The quantitative estimate of drug-likeness (QED) is 0.112. The van der Waals surface area contributed by atoms with Gasteiger partial charge in [-0.3, -0.25) is 0 Å². The molecule has 0 amide bonds. The zero-order valence-electron chi connectivity index (χ0n) is 25.8. The van der Waals surface area contributed by atoms with E-state index in [1.165, 1.54) is 44.9 Å². The van der Waals surface area contributed by atoms with E-state index < -0.39 is 0 Å². The minimum atomic E-state index is -0.0169. The Hall–Kier alpha value is -0.900. The van der Waals surface area contributed by atoms with Gasteiger partial charge in [-0.05, 0) is 31.6 Å². The second-order valence-corrected chi connectivity index (χ2v) is 9.52. The number of allylic oxidation sites excluding steroid dienone is 3. The SMILES string of the molecule is C.C.C.C.C.C.C.C.C/C=C/COCC(COC/C=C/C)OC/C=C/C.CCC(C)(CC)CC.CCC(CC)(CC)CC. The van der Waals surface area contributed by atoms with Crippen LogP contribution in [0.1, 0.15) is 181 Å². The van der Waals surface area contributed by atoms with E-state index in [1.54, 1.807) is 0 Å². The van der Waals surface area contributed by atoms with Gasteiger partial charge < -0.3 is 14.2 Å². The van der Waals surface area contributed by atoms with Gasteiger partial charge in [0.15, 0.2) is 0 Å². The third kappa shape index (κ3) is 45.7. The Balaban J connectivity index is -0.0000000397.